The fraction of sp³-hybridized carbons (Fsp3) is 0.0962. The molecule has 3 aromatic heterocycles. The second-order valence-electron chi connectivity index (χ2n) is 15.1. The molecule has 4 aromatic carbocycles. The van der Waals surface area contributed by atoms with E-state index >= 15 is 0 Å². The maximum Gasteiger partial charge on any atom is 0.337 e. The van der Waals surface area contributed by atoms with Crippen LogP contribution in [0, 0.1) is 0 Å². The molecule has 0 fully saturated rings. The molecule has 334 valence electrons. The van der Waals surface area contributed by atoms with Crippen molar-refractivity contribution in [1.82, 2.24) is 15.0 Å². The van der Waals surface area contributed by atoms with Crippen LogP contribution >= 0.6 is 0 Å². The van der Waals surface area contributed by atoms with E-state index in [0.717, 1.165) is 0 Å². The third-order valence-corrected chi connectivity index (χ3v) is 11.2. The van der Waals surface area contributed by atoms with Crippen molar-refractivity contribution >= 4 is 52.4 Å². The topological polar surface area (TPSA) is 219 Å². The number of aliphatic imine (C=N–C) groups is 1. The number of rotatable bonds is 13. The number of aromatic nitrogens is 3. The highest BCUT2D eigenvalue weighted by Gasteiger charge is 2.38. The number of aliphatic hydroxyl groups is 1. The van der Waals surface area contributed by atoms with Gasteiger partial charge in [-0.25, -0.2) is 24.2 Å². The van der Waals surface area contributed by atoms with Crippen molar-refractivity contribution in [2.75, 3.05) is 28.4 Å². The number of aromatic amines is 3. The number of carbonyl (C=O) groups is 6. The smallest absolute Gasteiger partial charge is 0.337 e. The molecule has 1 atom stereocenters. The van der Waals surface area contributed by atoms with Gasteiger partial charge in [-0.3, -0.25) is 9.59 Å². The number of amides is 1. The van der Waals surface area contributed by atoms with Gasteiger partial charge in [0.2, 0.25) is 5.78 Å². The van der Waals surface area contributed by atoms with Gasteiger partial charge < -0.3 is 39.0 Å². The average molecular weight is 897 g/mol. The summed E-state index contributed by atoms with van der Waals surface area (Å²) in [6, 6.07) is 35.8. The Morgan fingerprint density at radius 3 is 1.28 bits per heavy atom. The Kier molecular flexibility index (Phi) is 12.4. The van der Waals surface area contributed by atoms with Crippen LogP contribution in [0.2, 0.25) is 0 Å². The molecule has 0 saturated heterocycles. The zero-order valence-electron chi connectivity index (χ0n) is 36.3. The van der Waals surface area contributed by atoms with Crippen LogP contribution in [0.15, 0.2) is 151 Å². The van der Waals surface area contributed by atoms with Crippen molar-refractivity contribution in [2.45, 2.75) is 5.60 Å². The Balaban J connectivity index is 1.30. The molecule has 0 spiro atoms. The summed E-state index contributed by atoms with van der Waals surface area (Å²) in [5.41, 5.74) is 3.70. The molecule has 4 heterocycles. The van der Waals surface area contributed by atoms with Gasteiger partial charge in [-0.15, -0.1) is 0 Å². The molecule has 67 heavy (non-hydrogen) atoms. The molecule has 4 N–H and O–H groups in total. The first kappa shape index (κ1) is 44.6. The number of benzene rings is 4. The summed E-state index contributed by atoms with van der Waals surface area (Å²) in [5.74, 6) is -3.00. The van der Waals surface area contributed by atoms with Crippen molar-refractivity contribution in [3.63, 3.8) is 0 Å². The lowest BCUT2D eigenvalue weighted by atomic mass is 9.87. The number of hydrogen-bond acceptors (Lipinski definition) is 11. The van der Waals surface area contributed by atoms with Crippen LogP contribution in [0.25, 0.3) is 11.1 Å². The van der Waals surface area contributed by atoms with Gasteiger partial charge in [0.1, 0.15) is 0 Å². The molecule has 15 nitrogen and oxygen atoms in total. The molecule has 15 heteroatoms. The first-order valence-electron chi connectivity index (χ1n) is 20.5. The first-order valence-corrected chi connectivity index (χ1v) is 20.5. The lowest BCUT2D eigenvalue weighted by Gasteiger charge is -2.27. The van der Waals surface area contributed by atoms with Gasteiger partial charge in [0.15, 0.2) is 5.60 Å². The maximum atomic E-state index is 13.8. The molecule has 0 bridgehead atoms. The average Bonchev–Trinajstić information content (AvgIpc) is 4.23. The van der Waals surface area contributed by atoms with Crippen LogP contribution < -0.4 is 10.7 Å². The lowest BCUT2D eigenvalue weighted by Crippen LogP contribution is -2.30. The Hall–Kier alpha value is -8.95. The summed E-state index contributed by atoms with van der Waals surface area (Å²) in [4.78, 5) is 89.7. The summed E-state index contributed by atoms with van der Waals surface area (Å²) in [7, 11) is 5.12. The van der Waals surface area contributed by atoms with Gasteiger partial charge in [0, 0.05) is 39.2 Å². The van der Waals surface area contributed by atoms with Gasteiger partial charge >= 0.3 is 23.9 Å². The number of hydrogen-bond donors (Lipinski definition) is 4. The molecule has 0 aliphatic carbocycles. The van der Waals surface area contributed by atoms with E-state index in [1.807, 2.05) is 12.1 Å². The van der Waals surface area contributed by atoms with Crippen molar-refractivity contribution in [2.24, 2.45) is 4.99 Å². The van der Waals surface area contributed by atoms with Crippen LogP contribution in [0.3, 0.4) is 0 Å². The fourth-order valence-corrected chi connectivity index (χ4v) is 7.79. The number of H-pyrrole nitrogens is 3. The number of methoxy groups -OCH3 is 4. The molecular weight excluding hydrogens is 857 g/mol. The third kappa shape index (κ3) is 8.69. The van der Waals surface area contributed by atoms with Gasteiger partial charge in [0.25, 0.3) is 5.91 Å². The Morgan fingerprint density at radius 2 is 0.836 bits per heavy atom. The summed E-state index contributed by atoms with van der Waals surface area (Å²) >= 11 is 0. The van der Waals surface area contributed by atoms with Gasteiger partial charge in [-0.2, -0.15) is 0 Å². The van der Waals surface area contributed by atoms with Crippen molar-refractivity contribution < 1.29 is 52.8 Å². The molecule has 1 unspecified atom stereocenters. The molecule has 0 radical (unpaired) electrons. The minimum atomic E-state index is -2.00. The van der Waals surface area contributed by atoms with E-state index in [-0.39, 0.29) is 33.8 Å². The zero-order valence-corrected chi connectivity index (χ0v) is 36.3. The standard InChI is InChI=1S/C52H40N4O11/c1-64-48(59)32-11-5-29(6-12-32)45(37-21-22-38(53-37)46(40-25-28-44(57)56-40)30-7-13-33(14-8-30)49(60)65-2)39-23-26-42(54-39)52(63,36-19-17-35(18-20-36)51(62)67-4)43-27-24-41(55-43)47(58)31-9-15-34(16-10-31)50(61)66-3/h5-28,53-55,63H,1-4H3/b45-37-,46-38+. The van der Waals surface area contributed by atoms with Gasteiger partial charge in [-0.1, -0.05) is 48.5 Å². The molecule has 1 amide bonds. The van der Waals surface area contributed by atoms with Crippen molar-refractivity contribution in [3.05, 3.63) is 224 Å². The zero-order chi connectivity index (χ0) is 47.4. The molecule has 1 aliphatic rings. The minimum Gasteiger partial charge on any atom is -0.465 e. The largest absolute Gasteiger partial charge is 0.465 e. The summed E-state index contributed by atoms with van der Waals surface area (Å²) in [5, 5.41) is 14.2. The number of ether oxygens (including phenoxy) is 4. The number of nitrogens with one attached hydrogen (secondary N) is 3. The number of nitrogens with zero attached hydrogens (tertiary/aromatic N) is 1. The van der Waals surface area contributed by atoms with Crippen LogP contribution in [0.5, 0.6) is 0 Å². The fourth-order valence-electron chi connectivity index (χ4n) is 7.79. The number of allylic oxidation sites excluding steroid dienone is 1. The predicted octanol–water partition coefficient (Wildman–Crippen LogP) is 5.32. The number of esters is 4. The van der Waals surface area contributed by atoms with Crippen LogP contribution in [-0.4, -0.2) is 89.8 Å². The maximum absolute atomic E-state index is 13.8. The van der Waals surface area contributed by atoms with E-state index in [1.54, 1.807) is 91.0 Å². The first-order chi connectivity index (χ1) is 32.4. The van der Waals surface area contributed by atoms with Crippen LogP contribution in [-0.2, 0) is 29.3 Å². The molecule has 8 rings (SSSR count). The van der Waals surface area contributed by atoms with Gasteiger partial charge in [0.05, 0.1) is 73.5 Å². The molecule has 7 aromatic rings. The normalized spacial score (nSPS) is 13.8. The predicted molar refractivity (Wildman–Crippen MR) is 244 cm³/mol. The summed E-state index contributed by atoms with van der Waals surface area (Å²) in [6.45, 7) is 0. The highest BCUT2D eigenvalue weighted by Crippen LogP contribution is 2.37. The Bertz CT molecular complexity index is 3280. The van der Waals surface area contributed by atoms with E-state index in [2.05, 4.69) is 19.9 Å². The second kappa shape index (κ2) is 18.6. The Labute approximate surface area is 381 Å². The Morgan fingerprint density at radius 1 is 0.448 bits per heavy atom. The highest BCUT2D eigenvalue weighted by molar-refractivity contribution is 6.34. The minimum absolute atomic E-state index is 0.143. The summed E-state index contributed by atoms with van der Waals surface area (Å²) < 4.78 is 19.5. The monoisotopic (exact) mass is 896 g/mol. The third-order valence-electron chi connectivity index (χ3n) is 11.2. The SMILES string of the molecule is COC(=O)c1ccc(C(=O)c2ccc(C(O)(c3ccc(C(=O)OC)cc3)c3ccc(/C(c4ccc(C(=O)OC)cc4)=c4/cc/c(=C(\C5=NC(=O)C=C5)c5ccc(C(=O)OC)cc5)[nH]4)[nH]3)[nH]2)cc1. The number of carbonyl (C=O) groups excluding carboxylic acids is 6. The quantitative estimate of drug-likeness (QED) is 0.0660. The van der Waals surface area contributed by atoms with Crippen LogP contribution in [0.4, 0.5) is 0 Å². The van der Waals surface area contributed by atoms with Crippen molar-refractivity contribution in [1.29, 1.82) is 0 Å². The lowest BCUT2D eigenvalue weighted by molar-refractivity contribution is -0.113. The van der Waals surface area contributed by atoms with Gasteiger partial charge in [-0.05, 0) is 108 Å². The van der Waals surface area contributed by atoms with E-state index in [4.69, 9.17) is 18.9 Å². The van der Waals surface area contributed by atoms with Crippen molar-refractivity contribution in [3.8, 4) is 0 Å². The molecule has 1 aliphatic heterocycles. The van der Waals surface area contributed by atoms with E-state index < -0.39 is 41.2 Å². The van der Waals surface area contributed by atoms with Crippen LogP contribution in [0.1, 0.15) is 91.3 Å². The molecular formula is C52H40N4O11. The highest BCUT2D eigenvalue weighted by atomic mass is 16.5. The number of ketones is 1. The second-order valence-corrected chi connectivity index (χ2v) is 15.1. The molecule has 0 saturated carbocycles. The van der Waals surface area contributed by atoms with E-state index in [0.29, 0.717) is 61.1 Å². The summed E-state index contributed by atoms with van der Waals surface area (Å²) in [6.07, 6.45) is 2.97. The van der Waals surface area contributed by atoms with E-state index in [1.165, 1.54) is 70.9 Å². The van der Waals surface area contributed by atoms with E-state index in [9.17, 15) is 33.9 Å².